The zero-order valence-electron chi connectivity index (χ0n) is 9.64. The average molecular weight is 237 g/mol. The van der Waals surface area contributed by atoms with Crippen LogP contribution in [-0.2, 0) is 13.6 Å². The minimum Gasteiger partial charge on any atom is -0.302 e. The fraction of sp³-hybridized carbons (Fsp3) is 0.500. The van der Waals surface area contributed by atoms with Crippen LogP contribution in [0.2, 0.25) is 0 Å². The number of nitrogens with one attached hydrogen (secondary N) is 1. The molecule has 86 valence electrons. The third kappa shape index (κ3) is 2.45. The van der Waals surface area contributed by atoms with Crippen molar-refractivity contribution >= 4 is 11.3 Å². The molecule has 0 saturated carbocycles. The van der Waals surface area contributed by atoms with E-state index in [0.717, 1.165) is 11.5 Å². The van der Waals surface area contributed by atoms with Crippen LogP contribution in [0.1, 0.15) is 29.4 Å². The van der Waals surface area contributed by atoms with Crippen molar-refractivity contribution in [3.05, 3.63) is 28.2 Å². The van der Waals surface area contributed by atoms with Crippen LogP contribution in [0.4, 0.5) is 0 Å². The summed E-state index contributed by atoms with van der Waals surface area (Å²) in [5.41, 5.74) is 2.97. The lowest BCUT2D eigenvalue weighted by molar-refractivity contribution is 0.560. The lowest BCUT2D eigenvalue weighted by atomic mass is 10.2. The van der Waals surface area contributed by atoms with E-state index >= 15 is 0 Å². The Bertz CT molecular complexity index is 461. The van der Waals surface area contributed by atoms with Gasteiger partial charge in [0, 0.05) is 18.0 Å². The van der Waals surface area contributed by atoms with E-state index < -0.39 is 0 Å². The Balaban J connectivity index is 1.93. The second-order valence-corrected chi connectivity index (χ2v) is 4.63. The molecule has 0 bridgehead atoms. The van der Waals surface area contributed by atoms with E-state index in [1.807, 2.05) is 19.5 Å². The van der Waals surface area contributed by atoms with Crippen LogP contribution in [0.15, 0.2) is 11.8 Å². The predicted octanol–water partition coefficient (Wildman–Crippen LogP) is 1.43. The molecule has 1 atom stereocenters. The number of aromatic nitrogens is 4. The molecule has 2 heterocycles. The fourth-order valence-corrected chi connectivity index (χ4v) is 2.36. The van der Waals surface area contributed by atoms with Crippen molar-refractivity contribution in [2.75, 3.05) is 0 Å². The van der Waals surface area contributed by atoms with Gasteiger partial charge in [-0.05, 0) is 13.8 Å². The molecule has 0 amide bonds. The van der Waals surface area contributed by atoms with Gasteiger partial charge in [-0.3, -0.25) is 4.68 Å². The second-order valence-electron chi connectivity index (χ2n) is 3.74. The van der Waals surface area contributed by atoms with Gasteiger partial charge in [0.1, 0.15) is 6.33 Å². The topological polar surface area (TPSA) is 55.6 Å². The van der Waals surface area contributed by atoms with Gasteiger partial charge in [-0.1, -0.05) is 0 Å². The molecule has 16 heavy (non-hydrogen) atoms. The monoisotopic (exact) mass is 237 g/mol. The maximum Gasteiger partial charge on any atom is 0.164 e. The van der Waals surface area contributed by atoms with Gasteiger partial charge in [0.25, 0.3) is 0 Å². The van der Waals surface area contributed by atoms with Crippen LogP contribution in [-0.4, -0.2) is 19.7 Å². The van der Waals surface area contributed by atoms with Gasteiger partial charge in [0.05, 0.1) is 17.7 Å². The number of rotatable bonds is 4. The molecule has 0 spiro atoms. The van der Waals surface area contributed by atoms with Crippen molar-refractivity contribution in [3.8, 4) is 0 Å². The molecule has 1 N–H and O–H groups in total. The maximum atomic E-state index is 4.24. The summed E-state index contributed by atoms with van der Waals surface area (Å²) in [6.45, 7) is 4.84. The average Bonchev–Trinajstić information content (AvgIpc) is 2.84. The molecule has 2 aromatic rings. The molecule has 0 aliphatic heterocycles. The van der Waals surface area contributed by atoms with E-state index in [0.29, 0.717) is 6.54 Å². The highest BCUT2D eigenvalue weighted by Gasteiger charge is 2.11. The van der Waals surface area contributed by atoms with E-state index in [9.17, 15) is 0 Å². The Morgan fingerprint density at radius 3 is 2.88 bits per heavy atom. The highest BCUT2D eigenvalue weighted by Crippen LogP contribution is 2.20. The molecule has 5 nitrogen and oxygen atoms in total. The first-order chi connectivity index (χ1) is 7.66. The number of thiazole rings is 1. The van der Waals surface area contributed by atoms with Crippen LogP contribution < -0.4 is 5.32 Å². The third-order valence-electron chi connectivity index (χ3n) is 2.39. The summed E-state index contributed by atoms with van der Waals surface area (Å²) in [5.74, 6) is 0.816. The summed E-state index contributed by atoms with van der Waals surface area (Å²) in [4.78, 5) is 9.68. The molecule has 0 saturated heterocycles. The van der Waals surface area contributed by atoms with E-state index in [-0.39, 0.29) is 6.04 Å². The van der Waals surface area contributed by atoms with Gasteiger partial charge in [0.2, 0.25) is 0 Å². The predicted molar refractivity (Wildman–Crippen MR) is 63.1 cm³/mol. The standard InChI is InChI=1S/C10H15N5S/c1-7(10-8(2)13-6-16-10)11-4-9-12-5-15(3)14-9/h5-7,11H,4H2,1-3H3. The van der Waals surface area contributed by atoms with Gasteiger partial charge in [-0.15, -0.1) is 11.3 Å². The lowest BCUT2D eigenvalue weighted by Gasteiger charge is -2.10. The zero-order chi connectivity index (χ0) is 11.5. The Morgan fingerprint density at radius 1 is 1.50 bits per heavy atom. The fourth-order valence-electron chi connectivity index (χ4n) is 1.53. The summed E-state index contributed by atoms with van der Waals surface area (Å²) >= 11 is 1.68. The summed E-state index contributed by atoms with van der Waals surface area (Å²) in [5, 5.41) is 7.60. The van der Waals surface area contributed by atoms with E-state index in [2.05, 4.69) is 27.3 Å². The Hall–Kier alpha value is -1.27. The molecule has 0 aromatic carbocycles. The van der Waals surface area contributed by atoms with Crippen LogP contribution in [0.25, 0.3) is 0 Å². The third-order valence-corrected chi connectivity index (χ3v) is 3.50. The molecule has 1 unspecified atom stereocenters. The molecule has 0 radical (unpaired) electrons. The summed E-state index contributed by atoms with van der Waals surface area (Å²) in [6.07, 6.45) is 1.71. The van der Waals surface area contributed by atoms with Crippen LogP contribution in [0, 0.1) is 6.92 Å². The minimum absolute atomic E-state index is 0.288. The van der Waals surface area contributed by atoms with Gasteiger partial charge in [0.15, 0.2) is 5.82 Å². The first-order valence-electron chi connectivity index (χ1n) is 5.14. The lowest BCUT2D eigenvalue weighted by Crippen LogP contribution is -2.18. The van der Waals surface area contributed by atoms with Crippen molar-refractivity contribution < 1.29 is 0 Å². The smallest absolute Gasteiger partial charge is 0.164 e. The second kappa shape index (κ2) is 4.71. The van der Waals surface area contributed by atoms with Crippen molar-refractivity contribution in [1.29, 1.82) is 0 Å². The summed E-state index contributed by atoms with van der Waals surface area (Å²) in [7, 11) is 1.87. The van der Waals surface area contributed by atoms with Gasteiger partial charge < -0.3 is 5.32 Å². The summed E-state index contributed by atoms with van der Waals surface area (Å²) in [6, 6.07) is 0.288. The van der Waals surface area contributed by atoms with Gasteiger partial charge >= 0.3 is 0 Å². The van der Waals surface area contributed by atoms with Gasteiger partial charge in [-0.25, -0.2) is 9.97 Å². The van der Waals surface area contributed by atoms with E-state index in [4.69, 9.17) is 0 Å². The molecule has 2 aromatic heterocycles. The normalized spacial score (nSPS) is 12.9. The van der Waals surface area contributed by atoms with E-state index in [1.54, 1.807) is 22.3 Å². The van der Waals surface area contributed by atoms with Crippen molar-refractivity contribution in [1.82, 2.24) is 25.1 Å². The largest absolute Gasteiger partial charge is 0.302 e. The molecule has 2 rings (SSSR count). The first-order valence-corrected chi connectivity index (χ1v) is 6.02. The van der Waals surface area contributed by atoms with Gasteiger partial charge in [-0.2, -0.15) is 5.10 Å². The Labute approximate surface area is 98.5 Å². The quantitative estimate of drug-likeness (QED) is 0.874. The van der Waals surface area contributed by atoms with Crippen molar-refractivity contribution in [2.45, 2.75) is 26.4 Å². The number of hydrogen-bond donors (Lipinski definition) is 1. The molecule has 0 fully saturated rings. The SMILES string of the molecule is Cc1ncsc1C(C)NCc1ncn(C)n1. The minimum atomic E-state index is 0.288. The maximum absolute atomic E-state index is 4.24. The van der Waals surface area contributed by atoms with E-state index in [1.165, 1.54) is 4.88 Å². The Morgan fingerprint density at radius 2 is 2.31 bits per heavy atom. The highest BCUT2D eigenvalue weighted by atomic mass is 32.1. The number of aryl methyl sites for hydroxylation is 2. The molecular weight excluding hydrogens is 222 g/mol. The Kier molecular flexibility index (Phi) is 3.31. The molecule has 0 aliphatic carbocycles. The van der Waals surface area contributed by atoms with Crippen molar-refractivity contribution in [3.63, 3.8) is 0 Å². The number of nitrogens with zero attached hydrogens (tertiary/aromatic N) is 4. The first kappa shape index (κ1) is 11.2. The van der Waals surface area contributed by atoms with Crippen molar-refractivity contribution in [2.24, 2.45) is 7.05 Å². The van der Waals surface area contributed by atoms with Crippen LogP contribution >= 0.6 is 11.3 Å². The highest BCUT2D eigenvalue weighted by molar-refractivity contribution is 7.09. The van der Waals surface area contributed by atoms with Crippen LogP contribution in [0.5, 0.6) is 0 Å². The zero-order valence-corrected chi connectivity index (χ0v) is 10.5. The summed E-state index contributed by atoms with van der Waals surface area (Å²) < 4.78 is 1.71. The number of hydrogen-bond acceptors (Lipinski definition) is 5. The molecule has 6 heteroatoms. The molecular formula is C10H15N5S. The molecule has 0 aliphatic rings. The van der Waals surface area contributed by atoms with Crippen LogP contribution in [0.3, 0.4) is 0 Å².